The highest BCUT2D eigenvalue weighted by atomic mass is 79.9. The summed E-state index contributed by atoms with van der Waals surface area (Å²) in [6.07, 6.45) is 4.76. The first-order valence-corrected chi connectivity index (χ1v) is 9.02. The summed E-state index contributed by atoms with van der Waals surface area (Å²) in [4.78, 5) is 12.1. The molecule has 0 unspecified atom stereocenters. The molecule has 122 valence electrons. The third kappa shape index (κ3) is 4.25. The topological polar surface area (TPSA) is 38.3 Å². The highest BCUT2D eigenvalue weighted by molar-refractivity contribution is 9.10. The fraction of sp³-hybridized carbons (Fsp3) is 0.421. The van der Waals surface area contributed by atoms with Crippen LogP contribution in [0.1, 0.15) is 32.6 Å². The van der Waals surface area contributed by atoms with Gasteiger partial charge < -0.3 is 10.1 Å². The number of rotatable bonds is 4. The average Bonchev–Trinajstić information content (AvgIpc) is 2.55. The number of fused-ring (bicyclic) bond motifs is 1. The molecular formula is C19H22BrNO2. The van der Waals surface area contributed by atoms with Gasteiger partial charge in [0.25, 0.3) is 5.91 Å². The summed E-state index contributed by atoms with van der Waals surface area (Å²) < 4.78 is 6.71. The number of hydrogen-bond donors (Lipinski definition) is 1. The van der Waals surface area contributed by atoms with Crippen molar-refractivity contribution in [3.63, 3.8) is 0 Å². The third-order valence-corrected chi connectivity index (χ3v) is 5.09. The number of carbonyl (C=O) groups excluding carboxylic acids is 1. The normalized spacial score (nSPS) is 21.1. The first-order chi connectivity index (χ1) is 11.1. The number of amides is 1. The van der Waals surface area contributed by atoms with Gasteiger partial charge in [0, 0.05) is 10.5 Å². The van der Waals surface area contributed by atoms with E-state index in [2.05, 4.69) is 34.2 Å². The molecule has 0 radical (unpaired) electrons. The van der Waals surface area contributed by atoms with E-state index in [0.717, 1.165) is 27.4 Å². The maximum absolute atomic E-state index is 12.1. The average molecular weight is 376 g/mol. The molecule has 0 heterocycles. The summed E-state index contributed by atoms with van der Waals surface area (Å²) in [5.74, 6) is 1.26. The van der Waals surface area contributed by atoms with E-state index in [-0.39, 0.29) is 12.5 Å². The van der Waals surface area contributed by atoms with Crippen LogP contribution in [0, 0.1) is 5.92 Å². The molecular weight excluding hydrogens is 354 g/mol. The number of ether oxygens (including phenoxy) is 1. The molecule has 1 aliphatic carbocycles. The number of carbonyl (C=O) groups is 1. The quantitative estimate of drug-likeness (QED) is 0.842. The Bertz CT molecular complexity index is 701. The first kappa shape index (κ1) is 16.3. The van der Waals surface area contributed by atoms with Crippen LogP contribution in [0.4, 0.5) is 0 Å². The van der Waals surface area contributed by atoms with Crippen LogP contribution in [-0.2, 0) is 4.79 Å². The fourth-order valence-corrected chi connectivity index (χ4v) is 3.59. The van der Waals surface area contributed by atoms with Crippen LogP contribution < -0.4 is 10.1 Å². The van der Waals surface area contributed by atoms with Crippen molar-refractivity contribution in [1.29, 1.82) is 0 Å². The highest BCUT2D eigenvalue weighted by Gasteiger charge is 2.22. The van der Waals surface area contributed by atoms with E-state index in [1.54, 1.807) is 0 Å². The van der Waals surface area contributed by atoms with Gasteiger partial charge in [0.15, 0.2) is 6.61 Å². The summed E-state index contributed by atoms with van der Waals surface area (Å²) in [5.41, 5.74) is 0. The second kappa shape index (κ2) is 7.35. The van der Waals surface area contributed by atoms with Crippen molar-refractivity contribution >= 4 is 32.6 Å². The summed E-state index contributed by atoms with van der Waals surface area (Å²) >= 11 is 3.47. The molecule has 0 spiro atoms. The molecule has 1 amide bonds. The summed E-state index contributed by atoms with van der Waals surface area (Å²) in [6.45, 7) is 2.29. The molecule has 0 aromatic heterocycles. The summed E-state index contributed by atoms with van der Waals surface area (Å²) in [6, 6.07) is 12.3. The zero-order chi connectivity index (χ0) is 16.2. The van der Waals surface area contributed by atoms with Crippen molar-refractivity contribution in [1.82, 2.24) is 5.32 Å². The van der Waals surface area contributed by atoms with Crippen LogP contribution in [0.15, 0.2) is 40.9 Å². The van der Waals surface area contributed by atoms with E-state index >= 15 is 0 Å². The molecule has 0 aliphatic heterocycles. The molecule has 3 rings (SSSR count). The first-order valence-electron chi connectivity index (χ1n) is 8.23. The molecule has 0 bridgehead atoms. The van der Waals surface area contributed by atoms with Crippen LogP contribution in [0.3, 0.4) is 0 Å². The van der Waals surface area contributed by atoms with Gasteiger partial charge in [-0.3, -0.25) is 4.79 Å². The van der Waals surface area contributed by atoms with E-state index in [9.17, 15) is 4.79 Å². The molecule has 4 heteroatoms. The van der Waals surface area contributed by atoms with Crippen LogP contribution in [0.2, 0.25) is 0 Å². The molecule has 1 saturated carbocycles. The zero-order valence-corrected chi connectivity index (χ0v) is 14.9. The van der Waals surface area contributed by atoms with Crippen LogP contribution >= 0.6 is 15.9 Å². The lowest BCUT2D eigenvalue weighted by atomic mass is 9.86. The molecule has 2 aromatic rings. The molecule has 2 aromatic carbocycles. The lowest BCUT2D eigenvalue weighted by molar-refractivity contribution is -0.124. The Kier molecular flexibility index (Phi) is 5.21. The molecule has 1 N–H and O–H groups in total. The smallest absolute Gasteiger partial charge is 0.258 e. The van der Waals surface area contributed by atoms with Gasteiger partial charge in [-0.05, 0) is 53.8 Å². The van der Waals surface area contributed by atoms with Crippen molar-refractivity contribution in [2.24, 2.45) is 5.92 Å². The van der Waals surface area contributed by atoms with E-state index in [1.165, 1.54) is 19.3 Å². The SMILES string of the molecule is C[C@H]1CCCC[C@H]1NC(=O)COc1ccc2cc(Br)ccc2c1. The Balaban J connectivity index is 1.57. The minimum Gasteiger partial charge on any atom is -0.484 e. The van der Waals surface area contributed by atoms with E-state index in [4.69, 9.17) is 4.74 Å². The minimum atomic E-state index is -0.0281. The lowest BCUT2D eigenvalue weighted by Gasteiger charge is -2.29. The lowest BCUT2D eigenvalue weighted by Crippen LogP contribution is -2.43. The van der Waals surface area contributed by atoms with Crippen molar-refractivity contribution in [2.45, 2.75) is 38.6 Å². The molecule has 23 heavy (non-hydrogen) atoms. The number of nitrogens with one attached hydrogen (secondary N) is 1. The van der Waals surface area contributed by atoms with Crippen molar-refractivity contribution in [2.75, 3.05) is 6.61 Å². The largest absolute Gasteiger partial charge is 0.484 e. The van der Waals surface area contributed by atoms with Gasteiger partial charge in [-0.1, -0.05) is 47.8 Å². The maximum atomic E-state index is 12.1. The maximum Gasteiger partial charge on any atom is 0.258 e. The van der Waals surface area contributed by atoms with Gasteiger partial charge in [0.05, 0.1) is 0 Å². The molecule has 3 nitrogen and oxygen atoms in total. The van der Waals surface area contributed by atoms with Crippen LogP contribution in [0.5, 0.6) is 5.75 Å². The number of halogens is 1. The monoisotopic (exact) mass is 375 g/mol. The zero-order valence-electron chi connectivity index (χ0n) is 13.3. The number of benzene rings is 2. The van der Waals surface area contributed by atoms with Crippen LogP contribution in [-0.4, -0.2) is 18.6 Å². The van der Waals surface area contributed by atoms with Crippen LogP contribution in [0.25, 0.3) is 10.8 Å². The summed E-state index contributed by atoms with van der Waals surface area (Å²) in [7, 11) is 0. The van der Waals surface area contributed by atoms with E-state index < -0.39 is 0 Å². The highest BCUT2D eigenvalue weighted by Crippen LogP contribution is 2.25. The second-order valence-corrected chi connectivity index (χ2v) is 7.29. The van der Waals surface area contributed by atoms with Gasteiger partial charge >= 0.3 is 0 Å². The van der Waals surface area contributed by atoms with E-state index in [1.807, 2.05) is 30.3 Å². The molecule has 1 aliphatic rings. The Morgan fingerprint density at radius 3 is 2.74 bits per heavy atom. The summed E-state index contributed by atoms with van der Waals surface area (Å²) in [5, 5.41) is 5.36. The predicted octanol–water partition coefficient (Wildman–Crippen LogP) is 4.68. The van der Waals surface area contributed by atoms with Gasteiger partial charge in [-0.2, -0.15) is 0 Å². The fourth-order valence-electron chi connectivity index (χ4n) is 3.21. The Hall–Kier alpha value is -1.55. The standard InChI is InChI=1S/C19H22BrNO2/c1-13-4-2-3-5-18(13)21-19(22)12-23-17-9-7-14-10-16(20)8-6-15(14)11-17/h6-11,13,18H,2-5,12H2,1H3,(H,21,22)/t13-,18+/m0/s1. The van der Waals surface area contributed by atoms with Gasteiger partial charge in [0.1, 0.15) is 5.75 Å². The van der Waals surface area contributed by atoms with Crippen molar-refractivity contribution < 1.29 is 9.53 Å². The van der Waals surface area contributed by atoms with Gasteiger partial charge in [-0.25, -0.2) is 0 Å². The van der Waals surface area contributed by atoms with Crippen molar-refractivity contribution in [3.8, 4) is 5.75 Å². The molecule has 0 saturated heterocycles. The van der Waals surface area contributed by atoms with Gasteiger partial charge in [-0.15, -0.1) is 0 Å². The third-order valence-electron chi connectivity index (χ3n) is 4.60. The Morgan fingerprint density at radius 1 is 1.17 bits per heavy atom. The molecule has 2 atom stereocenters. The second-order valence-electron chi connectivity index (χ2n) is 6.38. The van der Waals surface area contributed by atoms with Gasteiger partial charge in [0.2, 0.25) is 0 Å². The predicted molar refractivity (Wildman–Crippen MR) is 96.7 cm³/mol. The minimum absolute atomic E-state index is 0.0281. The van der Waals surface area contributed by atoms with Crippen molar-refractivity contribution in [3.05, 3.63) is 40.9 Å². The van der Waals surface area contributed by atoms with E-state index in [0.29, 0.717) is 12.0 Å². The Labute approximate surface area is 145 Å². The number of hydrogen-bond acceptors (Lipinski definition) is 2. The molecule has 1 fully saturated rings. The Morgan fingerprint density at radius 2 is 1.91 bits per heavy atom.